The summed E-state index contributed by atoms with van der Waals surface area (Å²) in [6.07, 6.45) is 0.776. The monoisotopic (exact) mass is 411 g/mol. The van der Waals surface area contributed by atoms with Crippen molar-refractivity contribution in [2.75, 3.05) is 7.11 Å². The van der Waals surface area contributed by atoms with E-state index in [9.17, 15) is 9.59 Å². The topological polar surface area (TPSA) is 55.4 Å². The summed E-state index contributed by atoms with van der Waals surface area (Å²) in [5.41, 5.74) is 0. The van der Waals surface area contributed by atoms with E-state index < -0.39 is 12.0 Å². The molecule has 0 aromatic carbocycles. The van der Waals surface area contributed by atoms with Crippen LogP contribution in [0.3, 0.4) is 0 Å². The first-order valence-electron chi connectivity index (χ1n) is 5.74. The number of amides is 1. The van der Waals surface area contributed by atoms with Gasteiger partial charge in [-0.25, -0.2) is 4.79 Å². The minimum absolute atomic E-state index is 0.0169. The Morgan fingerprint density at radius 2 is 2.11 bits per heavy atom. The average Bonchev–Trinajstić information content (AvgIpc) is 2.74. The lowest BCUT2D eigenvalue weighted by Gasteiger charge is -2.21. The fourth-order valence-corrected chi connectivity index (χ4v) is 3.41. The van der Waals surface area contributed by atoms with E-state index in [1.165, 1.54) is 18.4 Å². The van der Waals surface area contributed by atoms with Crippen molar-refractivity contribution in [2.24, 2.45) is 5.92 Å². The molecule has 1 aromatic rings. The molecule has 0 aliphatic carbocycles. The van der Waals surface area contributed by atoms with E-state index in [-0.39, 0.29) is 11.8 Å². The van der Waals surface area contributed by atoms with Gasteiger partial charge in [0.2, 0.25) is 0 Å². The molecule has 7 heteroatoms. The Kier molecular flexibility index (Phi) is 6.49. The van der Waals surface area contributed by atoms with Gasteiger partial charge >= 0.3 is 5.97 Å². The van der Waals surface area contributed by atoms with Crippen molar-refractivity contribution in [3.63, 3.8) is 0 Å². The molecule has 1 heterocycles. The predicted molar refractivity (Wildman–Crippen MR) is 82.4 cm³/mol. The second-order valence-electron chi connectivity index (χ2n) is 4.09. The third-order valence-corrected chi connectivity index (χ3v) is 6.08. The van der Waals surface area contributed by atoms with Crippen LogP contribution in [0.4, 0.5) is 0 Å². The zero-order valence-electron chi connectivity index (χ0n) is 10.8. The molecule has 4 nitrogen and oxygen atoms in total. The number of rotatable bonds is 5. The maximum Gasteiger partial charge on any atom is 0.328 e. The molecule has 0 aliphatic heterocycles. The van der Waals surface area contributed by atoms with Crippen LogP contribution in [0.5, 0.6) is 0 Å². The third-order valence-electron chi connectivity index (χ3n) is 2.82. The number of carbonyl (C=O) groups is 2. The molecule has 1 aromatic heterocycles. The van der Waals surface area contributed by atoms with Crippen molar-refractivity contribution in [3.05, 3.63) is 19.2 Å². The van der Waals surface area contributed by atoms with Crippen LogP contribution in [-0.4, -0.2) is 25.0 Å². The Hall–Kier alpha value is -0.400. The summed E-state index contributed by atoms with van der Waals surface area (Å²) in [5.74, 6) is -0.673. The van der Waals surface area contributed by atoms with E-state index in [1.807, 2.05) is 13.8 Å². The zero-order valence-corrected chi connectivity index (χ0v) is 14.8. The van der Waals surface area contributed by atoms with Gasteiger partial charge in [-0.05, 0) is 43.8 Å². The van der Waals surface area contributed by atoms with Crippen LogP contribution in [-0.2, 0) is 9.53 Å². The highest BCUT2D eigenvalue weighted by molar-refractivity contribution is 9.13. The Bertz CT molecular complexity index is 456. The van der Waals surface area contributed by atoms with Gasteiger partial charge in [0.25, 0.3) is 5.91 Å². The van der Waals surface area contributed by atoms with Gasteiger partial charge < -0.3 is 10.1 Å². The molecule has 0 fully saturated rings. The van der Waals surface area contributed by atoms with Crippen LogP contribution in [0.2, 0.25) is 0 Å². The van der Waals surface area contributed by atoms with Gasteiger partial charge in [-0.1, -0.05) is 20.3 Å². The number of ether oxygens (including phenoxy) is 1. The van der Waals surface area contributed by atoms with E-state index in [2.05, 4.69) is 37.2 Å². The largest absolute Gasteiger partial charge is 0.467 e. The van der Waals surface area contributed by atoms with Crippen LogP contribution >= 0.6 is 43.2 Å². The number of halogens is 2. The molecule has 1 amide bonds. The van der Waals surface area contributed by atoms with E-state index in [4.69, 9.17) is 4.74 Å². The molecule has 0 bridgehead atoms. The highest BCUT2D eigenvalue weighted by Crippen LogP contribution is 2.32. The highest BCUT2D eigenvalue weighted by atomic mass is 79.9. The van der Waals surface area contributed by atoms with Crippen LogP contribution in [0.1, 0.15) is 29.9 Å². The van der Waals surface area contributed by atoms with Gasteiger partial charge in [0, 0.05) is 4.47 Å². The van der Waals surface area contributed by atoms with Crippen molar-refractivity contribution in [1.82, 2.24) is 5.32 Å². The van der Waals surface area contributed by atoms with Gasteiger partial charge in [-0.3, -0.25) is 4.79 Å². The molecule has 2 atom stereocenters. The van der Waals surface area contributed by atoms with Gasteiger partial charge in [-0.2, -0.15) is 0 Å². The summed E-state index contributed by atoms with van der Waals surface area (Å²) in [7, 11) is 1.32. The van der Waals surface area contributed by atoms with Crippen molar-refractivity contribution in [1.29, 1.82) is 0 Å². The van der Waals surface area contributed by atoms with E-state index in [0.29, 0.717) is 4.88 Å². The first kappa shape index (κ1) is 16.7. The van der Waals surface area contributed by atoms with Gasteiger partial charge in [-0.15, -0.1) is 11.3 Å². The number of thiophene rings is 1. The molecular weight excluding hydrogens is 398 g/mol. The number of esters is 1. The van der Waals surface area contributed by atoms with Crippen LogP contribution in [0, 0.1) is 5.92 Å². The lowest BCUT2D eigenvalue weighted by atomic mass is 9.99. The fraction of sp³-hybridized carbons (Fsp3) is 0.500. The number of hydrogen-bond acceptors (Lipinski definition) is 4. The normalized spacial score (nSPS) is 13.7. The second-order valence-corrected chi connectivity index (χ2v) is 7.32. The first-order chi connectivity index (χ1) is 8.90. The Balaban J connectivity index is 2.84. The van der Waals surface area contributed by atoms with Crippen LogP contribution in [0.25, 0.3) is 0 Å². The Labute approximate surface area is 133 Å². The van der Waals surface area contributed by atoms with Crippen molar-refractivity contribution in [3.8, 4) is 0 Å². The lowest BCUT2D eigenvalue weighted by molar-refractivity contribution is -0.144. The molecule has 1 rings (SSSR count). The maximum atomic E-state index is 12.1. The fourth-order valence-electron chi connectivity index (χ4n) is 1.47. The standard InChI is InChI=1S/C12H15Br2NO3S/c1-4-6(2)9(12(17)18-3)15-11(16)8-5-7(13)10(14)19-8/h5-6,9H,4H2,1-3H3,(H,15,16)/t6-,9-/m1/s1. The highest BCUT2D eigenvalue weighted by Gasteiger charge is 2.27. The number of methoxy groups -OCH3 is 1. The van der Waals surface area contributed by atoms with Crippen molar-refractivity contribution >= 4 is 55.1 Å². The maximum absolute atomic E-state index is 12.1. The Morgan fingerprint density at radius 1 is 1.47 bits per heavy atom. The van der Waals surface area contributed by atoms with Gasteiger partial charge in [0.15, 0.2) is 0 Å². The van der Waals surface area contributed by atoms with E-state index in [1.54, 1.807) is 6.07 Å². The van der Waals surface area contributed by atoms with Crippen LogP contribution < -0.4 is 5.32 Å². The molecule has 0 saturated heterocycles. The minimum atomic E-state index is -0.623. The minimum Gasteiger partial charge on any atom is -0.467 e. The summed E-state index contributed by atoms with van der Waals surface area (Å²) in [6, 6.07) is 1.09. The van der Waals surface area contributed by atoms with E-state index in [0.717, 1.165) is 14.7 Å². The summed E-state index contributed by atoms with van der Waals surface area (Å²) < 4.78 is 6.40. The number of carbonyl (C=O) groups excluding carboxylic acids is 2. The number of nitrogens with one attached hydrogen (secondary N) is 1. The summed E-state index contributed by atoms with van der Waals surface area (Å²) >= 11 is 7.97. The molecule has 0 radical (unpaired) electrons. The lowest BCUT2D eigenvalue weighted by Crippen LogP contribution is -2.45. The zero-order chi connectivity index (χ0) is 14.6. The molecule has 1 N–H and O–H groups in total. The average molecular weight is 413 g/mol. The summed E-state index contributed by atoms with van der Waals surface area (Å²) in [5, 5.41) is 2.73. The number of hydrogen-bond donors (Lipinski definition) is 1. The third kappa shape index (κ3) is 4.29. The van der Waals surface area contributed by atoms with Crippen molar-refractivity contribution in [2.45, 2.75) is 26.3 Å². The SMILES string of the molecule is CC[C@@H](C)[C@@H](NC(=O)c1cc(Br)c(Br)s1)C(=O)OC. The first-order valence-corrected chi connectivity index (χ1v) is 8.14. The molecule has 0 unspecified atom stereocenters. The quantitative estimate of drug-likeness (QED) is 0.751. The van der Waals surface area contributed by atoms with Gasteiger partial charge in [0.05, 0.1) is 15.8 Å². The molecular formula is C12H15Br2NO3S. The molecule has 19 heavy (non-hydrogen) atoms. The predicted octanol–water partition coefficient (Wildman–Crippen LogP) is 3.59. The van der Waals surface area contributed by atoms with Crippen molar-refractivity contribution < 1.29 is 14.3 Å². The molecule has 106 valence electrons. The molecule has 0 saturated carbocycles. The molecule has 0 spiro atoms. The summed E-state index contributed by atoms with van der Waals surface area (Å²) in [4.78, 5) is 24.3. The van der Waals surface area contributed by atoms with Gasteiger partial charge in [0.1, 0.15) is 6.04 Å². The van der Waals surface area contributed by atoms with E-state index >= 15 is 0 Å². The van der Waals surface area contributed by atoms with Crippen LogP contribution in [0.15, 0.2) is 14.3 Å². The Morgan fingerprint density at radius 3 is 2.53 bits per heavy atom. The summed E-state index contributed by atoms with van der Waals surface area (Å²) in [6.45, 7) is 3.87. The smallest absolute Gasteiger partial charge is 0.328 e. The molecule has 0 aliphatic rings. The second kappa shape index (κ2) is 7.40.